The first kappa shape index (κ1) is 20.0. The molecule has 0 amide bonds. The van der Waals surface area contributed by atoms with Gasteiger partial charge in [-0.1, -0.05) is 23.7 Å². The lowest BCUT2D eigenvalue weighted by molar-refractivity contribution is 0.337. The molecule has 0 atom stereocenters. The van der Waals surface area contributed by atoms with Crippen LogP contribution in [0.1, 0.15) is 18.1 Å². The number of aryl methyl sites for hydroxylation is 2. The summed E-state index contributed by atoms with van der Waals surface area (Å²) < 4.78 is 33.5. The minimum absolute atomic E-state index is 0.340. The number of anilines is 1. The van der Waals surface area contributed by atoms with Gasteiger partial charge in [0.1, 0.15) is 5.75 Å². The summed E-state index contributed by atoms with van der Waals surface area (Å²) in [5, 5.41) is 0.587. The summed E-state index contributed by atoms with van der Waals surface area (Å²) in [6, 6.07) is 11.3. The molecule has 1 saturated heterocycles. The van der Waals surface area contributed by atoms with Crippen LogP contribution in [-0.4, -0.2) is 45.5 Å². The van der Waals surface area contributed by atoms with E-state index < -0.39 is 10.0 Å². The lowest BCUT2D eigenvalue weighted by Gasteiger charge is -2.36. The number of hydrogen-bond donors (Lipinski definition) is 0. The minimum atomic E-state index is -3.54. The number of piperazine rings is 1. The van der Waals surface area contributed by atoms with Crippen molar-refractivity contribution in [2.75, 3.05) is 37.7 Å². The molecule has 2 aromatic carbocycles. The van der Waals surface area contributed by atoms with Crippen LogP contribution in [0.15, 0.2) is 41.3 Å². The van der Waals surface area contributed by atoms with Gasteiger partial charge in [-0.15, -0.1) is 0 Å². The SMILES string of the molecule is CCOc1ccccc1N1CCN(S(=O)(=O)c2cc(C)c(Cl)cc2C)CC1. The van der Waals surface area contributed by atoms with Gasteiger partial charge in [0.15, 0.2) is 0 Å². The maximum Gasteiger partial charge on any atom is 0.243 e. The van der Waals surface area contributed by atoms with E-state index in [1.54, 1.807) is 23.4 Å². The van der Waals surface area contributed by atoms with E-state index in [2.05, 4.69) is 4.90 Å². The van der Waals surface area contributed by atoms with E-state index in [-0.39, 0.29) is 0 Å². The molecule has 146 valence electrons. The molecule has 1 heterocycles. The molecule has 0 N–H and O–H groups in total. The zero-order chi connectivity index (χ0) is 19.6. The van der Waals surface area contributed by atoms with E-state index in [9.17, 15) is 8.42 Å². The number of ether oxygens (including phenoxy) is 1. The van der Waals surface area contributed by atoms with E-state index in [0.717, 1.165) is 17.0 Å². The molecule has 1 aliphatic rings. The van der Waals surface area contributed by atoms with Crippen molar-refractivity contribution in [1.82, 2.24) is 4.31 Å². The molecule has 0 radical (unpaired) electrons. The van der Waals surface area contributed by atoms with E-state index >= 15 is 0 Å². The van der Waals surface area contributed by atoms with Gasteiger partial charge in [-0.3, -0.25) is 0 Å². The normalized spacial score (nSPS) is 15.8. The predicted octanol–water partition coefficient (Wildman–Crippen LogP) is 3.87. The standard InChI is InChI=1S/C20H25ClN2O3S/c1-4-26-19-8-6-5-7-18(19)22-9-11-23(12-10-22)27(24,25)20-14-15(2)17(21)13-16(20)3/h5-8,13-14H,4,9-12H2,1-3H3. The first-order valence-electron chi connectivity index (χ1n) is 9.08. The fourth-order valence-corrected chi connectivity index (χ4v) is 5.27. The molecule has 1 aliphatic heterocycles. The van der Waals surface area contributed by atoms with Crippen LogP contribution in [0.3, 0.4) is 0 Å². The van der Waals surface area contributed by atoms with Gasteiger partial charge < -0.3 is 9.64 Å². The van der Waals surface area contributed by atoms with Crippen molar-refractivity contribution in [3.63, 3.8) is 0 Å². The predicted molar refractivity (Wildman–Crippen MR) is 110 cm³/mol. The average Bonchev–Trinajstić information content (AvgIpc) is 2.65. The second-order valence-electron chi connectivity index (χ2n) is 6.66. The van der Waals surface area contributed by atoms with E-state index in [1.165, 1.54) is 0 Å². The monoisotopic (exact) mass is 408 g/mol. The molecule has 5 nitrogen and oxygen atoms in total. The van der Waals surface area contributed by atoms with Gasteiger partial charge in [0.05, 0.1) is 17.2 Å². The zero-order valence-corrected chi connectivity index (χ0v) is 17.5. The maximum atomic E-state index is 13.1. The third-order valence-corrected chi connectivity index (χ3v) is 7.27. The summed E-state index contributed by atoms with van der Waals surface area (Å²) in [7, 11) is -3.54. The highest BCUT2D eigenvalue weighted by atomic mass is 35.5. The summed E-state index contributed by atoms with van der Waals surface area (Å²) in [4.78, 5) is 2.52. The summed E-state index contributed by atoms with van der Waals surface area (Å²) in [6.45, 7) is 8.27. The molecule has 2 aromatic rings. The van der Waals surface area contributed by atoms with Gasteiger partial charge in [0, 0.05) is 31.2 Å². The van der Waals surface area contributed by atoms with E-state index in [0.29, 0.717) is 48.3 Å². The Hall–Kier alpha value is -1.76. The molecule has 3 rings (SSSR count). The molecule has 0 aliphatic carbocycles. The Morgan fingerprint density at radius 3 is 2.37 bits per heavy atom. The van der Waals surface area contributed by atoms with Gasteiger partial charge in [0.25, 0.3) is 0 Å². The largest absolute Gasteiger partial charge is 0.492 e. The smallest absolute Gasteiger partial charge is 0.243 e. The zero-order valence-electron chi connectivity index (χ0n) is 15.9. The quantitative estimate of drug-likeness (QED) is 0.753. The van der Waals surface area contributed by atoms with Crippen molar-refractivity contribution in [3.05, 3.63) is 52.5 Å². The van der Waals surface area contributed by atoms with Gasteiger partial charge in [-0.2, -0.15) is 4.31 Å². The highest BCUT2D eigenvalue weighted by Crippen LogP contribution is 2.31. The Morgan fingerprint density at radius 2 is 1.70 bits per heavy atom. The Bertz CT molecular complexity index is 923. The van der Waals surface area contributed by atoms with Gasteiger partial charge in [-0.05, 0) is 56.2 Å². The maximum absolute atomic E-state index is 13.1. The second kappa shape index (κ2) is 8.09. The van der Waals surface area contributed by atoms with Crippen LogP contribution in [0.25, 0.3) is 0 Å². The van der Waals surface area contributed by atoms with Gasteiger partial charge in [0.2, 0.25) is 10.0 Å². The van der Waals surface area contributed by atoms with Crippen LogP contribution in [0, 0.1) is 13.8 Å². The molecular weight excluding hydrogens is 384 g/mol. The first-order chi connectivity index (χ1) is 12.8. The molecule has 0 spiro atoms. The van der Waals surface area contributed by atoms with Gasteiger partial charge in [-0.25, -0.2) is 8.42 Å². The van der Waals surface area contributed by atoms with Crippen LogP contribution in [0.4, 0.5) is 5.69 Å². The van der Waals surface area contributed by atoms with Crippen LogP contribution in [-0.2, 0) is 10.0 Å². The lowest BCUT2D eigenvalue weighted by atomic mass is 10.2. The average molecular weight is 409 g/mol. The molecule has 27 heavy (non-hydrogen) atoms. The Morgan fingerprint density at radius 1 is 1.04 bits per heavy atom. The van der Waals surface area contributed by atoms with Gasteiger partial charge >= 0.3 is 0 Å². The van der Waals surface area contributed by atoms with Crippen molar-refractivity contribution < 1.29 is 13.2 Å². The van der Waals surface area contributed by atoms with Crippen molar-refractivity contribution in [2.45, 2.75) is 25.7 Å². The van der Waals surface area contributed by atoms with Crippen molar-refractivity contribution >= 4 is 27.3 Å². The Balaban J connectivity index is 1.79. The fraction of sp³-hybridized carbons (Fsp3) is 0.400. The number of para-hydroxylation sites is 2. The summed E-state index contributed by atoms with van der Waals surface area (Å²) >= 11 is 6.12. The fourth-order valence-electron chi connectivity index (χ4n) is 3.34. The highest BCUT2D eigenvalue weighted by Gasteiger charge is 2.30. The molecule has 7 heteroatoms. The second-order valence-corrected chi connectivity index (χ2v) is 8.97. The van der Waals surface area contributed by atoms with Crippen molar-refractivity contribution in [2.24, 2.45) is 0 Å². The molecular formula is C20H25ClN2O3S. The number of sulfonamides is 1. The van der Waals surface area contributed by atoms with Crippen LogP contribution in [0.2, 0.25) is 5.02 Å². The molecule has 1 fully saturated rings. The summed E-state index contributed by atoms with van der Waals surface area (Å²) in [6.07, 6.45) is 0. The molecule has 0 aromatic heterocycles. The minimum Gasteiger partial charge on any atom is -0.492 e. The molecule has 0 unspecified atom stereocenters. The molecule has 0 saturated carbocycles. The number of hydrogen-bond acceptors (Lipinski definition) is 4. The van der Waals surface area contributed by atoms with Crippen molar-refractivity contribution in [1.29, 1.82) is 0 Å². The van der Waals surface area contributed by atoms with Crippen LogP contribution in [0.5, 0.6) is 5.75 Å². The Labute approximate surface area is 166 Å². The number of benzene rings is 2. The third kappa shape index (κ3) is 4.08. The molecule has 0 bridgehead atoms. The van der Waals surface area contributed by atoms with Crippen molar-refractivity contribution in [3.8, 4) is 5.75 Å². The number of rotatable bonds is 5. The topological polar surface area (TPSA) is 49.9 Å². The van der Waals surface area contributed by atoms with Crippen LogP contribution >= 0.6 is 11.6 Å². The van der Waals surface area contributed by atoms with E-state index in [1.807, 2.05) is 38.1 Å². The first-order valence-corrected chi connectivity index (χ1v) is 10.9. The van der Waals surface area contributed by atoms with Crippen LogP contribution < -0.4 is 9.64 Å². The Kier molecular flexibility index (Phi) is 5.99. The number of nitrogens with zero attached hydrogens (tertiary/aromatic N) is 2. The summed E-state index contributed by atoms with van der Waals surface area (Å²) in [5.41, 5.74) is 2.45. The number of halogens is 1. The summed E-state index contributed by atoms with van der Waals surface area (Å²) in [5.74, 6) is 0.834. The van der Waals surface area contributed by atoms with E-state index in [4.69, 9.17) is 16.3 Å². The highest BCUT2D eigenvalue weighted by molar-refractivity contribution is 7.89. The third-order valence-electron chi connectivity index (χ3n) is 4.82. The lowest BCUT2D eigenvalue weighted by Crippen LogP contribution is -2.48.